The summed E-state index contributed by atoms with van der Waals surface area (Å²) in [5, 5.41) is 0. The molecule has 20 heavy (non-hydrogen) atoms. The van der Waals surface area contributed by atoms with Gasteiger partial charge in [-0.2, -0.15) is 0 Å². The van der Waals surface area contributed by atoms with E-state index in [1.807, 2.05) is 0 Å². The lowest BCUT2D eigenvalue weighted by Gasteiger charge is -2.25. The van der Waals surface area contributed by atoms with Crippen LogP contribution in [-0.2, 0) is 15.9 Å². The number of methoxy groups -OCH3 is 1. The monoisotopic (exact) mass is 340 g/mol. The molecule has 1 saturated heterocycles. The van der Waals surface area contributed by atoms with Gasteiger partial charge in [-0.3, -0.25) is 0 Å². The first-order chi connectivity index (χ1) is 9.54. The molecule has 0 amide bonds. The summed E-state index contributed by atoms with van der Waals surface area (Å²) < 4.78 is 11.1. The summed E-state index contributed by atoms with van der Waals surface area (Å²) in [5.41, 5.74) is 2.67. The predicted octanol–water partition coefficient (Wildman–Crippen LogP) is 4.37. The SMILES string of the molecule is COCCc1ccc(C(Br)C2C(C)OC(C)C2C)cc1. The van der Waals surface area contributed by atoms with Gasteiger partial charge in [0.15, 0.2) is 0 Å². The fraction of sp³-hybridized carbons (Fsp3) is 0.647. The van der Waals surface area contributed by atoms with Crippen LogP contribution in [0.2, 0.25) is 0 Å². The van der Waals surface area contributed by atoms with Crippen LogP contribution in [0.25, 0.3) is 0 Å². The summed E-state index contributed by atoms with van der Waals surface area (Å²) in [6, 6.07) is 8.87. The lowest BCUT2D eigenvalue weighted by molar-refractivity contribution is 0.0511. The van der Waals surface area contributed by atoms with E-state index in [4.69, 9.17) is 9.47 Å². The van der Waals surface area contributed by atoms with Gasteiger partial charge < -0.3 is 9.47 Å². The second kappa shape index (κ2) is 7.06. The van der Waals surface area contributed by atoms with Crippen molar-refractivity contribution >= 4 is 15.9 Å². The lowest BCUT2D eigenvalue weighted by Crippen LogP contribution is -2.21. The van der Waals surface area contributed by atoms with Crippen molar-refractivity contribution < 1.29 is 9.47 Å². The molecule has 0 radical (unpaired) electrons. The molecule has 0 saturated carbocycles. The van der Waals surface area contributed by atoms with Crippen molar-refractivity contribution in [2.45, 2.75) is 44.2 Å². The molecular formula is C17H25BrO2. The molecule has 1 aliphatic heterocycles. The van der Waals surface area contributed by atoms with Crippen molar-refractivity contribution in [2.75, 3.05) is 13.7 Å². The molecule has 5 atom stereocenters. The second-order valence-corrected chi connectivity index (χ2v) is 6.86. The Morgan fingerprint density at radius 1 is 1.15 bits per heavy atom. The highest BCUT2D eigenvalue weighted by Crippen LogP contribution is 2.44. The zero-order valence-electron chi connectivity index (χ0n) is 12.8. The molecule has 2 rings (SSSR count). The molecule has 112 valence electrons. The van der Waals surface area contributed by atoms with E-state index in [1.54, 1.807) is 7.11 Å². The molecule has 1 aliphatic rings. The molecule has 2 nitrogen and oxygen atoms in total. The van der Waals surface area contributed by atoms with Crippen molar-refractivity contribution in [3.8, 4) is 0 Å². The van der Waals surface area contributed by atoms with Crippen LogP contribution < -0.4 is 0 Å². The Bertz CT molecular complexity index is 418. The minimum Gasteiger partial charge on any atom is -0.384 e. The number of benzene rings is 1. The fourth-order valence-electron chi connectivity index (χ4n) is 3.11. The zero-order chi connectivity index (χ0) is 14.7. The number of halogens is 1. The third-order valence-electron chi connectivity index (χ3n) is 4.55. The van der Waals surface area contributed by atoms with Crippen molar-refractivity contribution in [1.82, 2.24) is 0 Å². The zero-order valence-corrected chi connectivity index (χ0v) is 14.4. The Hall–Kier alpha value is -0.380. The summed E-state index contributed by atoms with van der Waals surface area (Å²) in [7, 11) is 1.74. The maximum atomic E-state index is 5.96. The largest absolute Gasteiger partial charge is 0.384 e. The van der Waals surface area contributed by atoms with Gasteiger partial charge in [0.2, 0.25) is 0 Å². The maximum absolute atomic E-state index is 5.96. The molecule has 0 aromatic heterocycles. The fourth-order valence-corrected chi connectivity index (χ4v) is 4.32. The summed E-state index contributed by atoms with van der Waals surface area (Å²) in [4.78, 5) is 0.355. The number of ether oxygens (including phenoxy) is 2. The van der Waals surface area contributed by atoms with Crippen LogP contribution in [0.5, 0.6) is 0 Å². The number of hydrogen-bond acceptors (Lipinski definition) is 2. The molecular weight excluding hydrogens is 316 g/mol. The van der Waals surface area contributed by atoms with E-state index in [-0.39, 0.29) is 0 Å². The van der Waals surface area contributed by atoms with E-state index in [0.29, 0.717) is 28.9 Å². The Morgan fingerprint density at radius 3 is 2.30 bits per heavy atom. The van der Waals surface area contributed by atoms with E-state index in [0.717, 1.165) is 13.0 Å². The average Bonchev–Trinajstić information content (AvgIpc) is 2.70. The molecule has 1 aromatic rings. The van der Waals surface area contributed by atoms with Gasteiger partial charge in [0.25, 0.3) is 0 Å². The smallest absolute Gasteiger partial charge is 0.0596 e. The number of hydrogen-bond donors (Lipinski definition) is 0. The average molecular weight is 341 g/mol. The topological polar surface area (TPSA) is 18.5 Å². The normalized spacial score (nSPS) is 31.4. The first kappa shape index (κ1) is 16.0. The minimum atomic E-state index is 0.303. The summed E-state index contributed by atoms with van der Waals surface area (Å²) in [5.74, 6) is 1.09. The maximum Gasteiger partial charge on any atom is 0.0596 e. The van der Waals surface area contributed by atoms with E-state index in [1.165, 1.54) is 11.1 Å². The summed E-state index contributed by atoms with van der Waals surface area (Å²) in [6.45, 7) is 7.43. The molecule has 1 aromatic carbocycles. The van der Waals surface area contributed by atoms with Crippen LogP contribution >= 0.6 is 15.9 Å². The number of alkyl halides is 1. The molecule has 0 bridgehead atoms. The third kappa shape index (κ3) is 3.44. The van der Waals surface area contributed by atoms with Gasteiger partial charge in [0, 0.05) is 17.9 Å². The van der Waals surface area contributed by atoms with Gasteiger partial charge in [-0.05, 0) is 37.3 Å². The highest BCUT2D eigenvalue weighted by Gasteiger charge is 2.41. The second-order valence-electron chi connectivity index (χ2n) is 5.87. The van der Waals surface area contributed by atoms with Gasteiger partial charge in [-0.25, -0.2) is 0 Å². The van der Waals surface area contributed by atoms with Crippen molar-refractivity contribution in [1.29, 1.82) is 0 Å². The Balaban J connectivity index is 2.07. The van der Waals surface area contributed by atoms with Crippen LogP contribution in [0.3, 0.4) is 0 Å². The quantitative estimate of drug-likeness (QED) is 0.741. The third-order valence-corrected chi connectivity index (χ3v) is 5.69. The Labute approximate surface area is 131 Å². The minimum absolute atomic E-state index is 0.303. The van der Waals surface area contributed by atoms with Gasteiger partial charge in [-0.15, -0.1) is 0 Å². The van der Waals surface area contributed by atoms with E-state index in [9.17, 15) is 0 Å². The summed E-state index contributed by atoms with van der Waals surface area (Å²) >= 11 is 3.89. The highest BCUT2D eigenvalue weighted by atomic mass is 79.9. The summed E-state index contributed by atoms with van der Waals surface area (Å²) in [6.07, 6.45) is 1.62. The first-order valence-corrected chi connectivity index (χ1v) is 8.33. The van der Waals surface area contributed by atoms with Gasteiger partial charge >= 0.3 is 0 Å². The van der Waals surface area contributed by atoms with E-state index in [2.05, 4.69) is 61.0 Å². The van der Waals surface area contributed by atoms with Gasteiger partial charge in [0.05, 0.1) is 18.8 Å². The standard InChI is InChI=1S/C17H25BrO2/c1-11-12(2)20-13(3)16(11)17(18)15-7-5-14(6-8-15)9-10-19-4/h5-8,11-13,16-17H,9-10H2,1-4H3. The van der Waals surface area contributed by atoms with Crippen molar-refractivity contribution in [3.63, 3.8) is 0 Å². The van der Waals surface area contributed by atoms with Gasteiger partial charge in [-0.1, -0.05) is 47.1 Å². The van der Waals surface area contributed by atoms with Crippen LogP contribution in [0, 0.1) is 11.8 Å². The Morgan fingerprint density at radius 2 is 1.80 bits per heavy atom. The van der Waals surface area contributed by atoms with Crippen LogP contribution in [0.1, 0.15) is 36.7 Å². The predicted molar refractivity (Wildman–Crippen MR) is 86.4 cm³/mol. The van der Waals surface area contributed by atoms with E-state index >= 15 is 0 Å². The molecule has 0 aliphatic carbocycles. The lowest BCUT2D eigenvalue weighted by atomic mass is 9.84. The van der Waals surface area contributed by atoms with E-state index < -0.39 is 0 Å². The van der Waals surface area contributed by atoms with Crippen molar-refractivity contribution in [3.05, 3.63) is 35.4 Å². The molecule has 3 heteroatoms. The molecule has 0 N–H and O–H groups in total. The first-order valence-electron chi connectivity index (χ1n) is 7.42. The molecule has 1 fully saturated rings. The van der Waals surface area contributed by atoms with Crippen LogP contribution in [0.15, 0.2) is 24.3 Å². The molecule has 1 heterocycles. The number of rotatable bonds is 5. The highest BCUT2D eigenvalue weighted by molar-refractivity contribution is 9.09. The van der Waals surface area contributed by atoms with Gasteiger partial charge in [0.1, 0.15) is 0 Å². The molecule has 0 spiro atoms. The Kier molecular flexibility index (Phi) is 5.65. The van der Waals surface area contributed by atoms with Crippen LogP contribution in [-0.4, -0.2) is 25.9 Å². The van der Waals surface area contributed by atoms with Crippen LogP contribution in [0.4, 0.5) is 0 Å². The van der Waals surface area contributed by atoms with Crippen molar-refractivity contribution in [2.24, 2.45) is 11.8 Å². The molecule has 5 unspecified atom stereocenters.